The SMILES string of the molecule is CC(NC(=O)CSc1nnc(C2CC2)n1-c1ccccc1)c1ccc2ccccc2c1. The number of para-hydroxylation sites is 1. The standard InChI is InChI=1S/C25H24N4OS/c1-17(20-14-11-18-7-5-6-8-21(18)15-20)26-23(30)16-31-25-28-27-24(19-12-13-19)29(25)22-9-3-2-4-10-22/h2-11,14-15,17,19H,12-13,16H2,1H3,(H,26,30). The second-order valence-corrected chi connectivity index (χ2v) is 8.91. The molecule has 1 unspecified atom stereocenters. The van der Waals surface area contributed by atoms with Crippen molar-refractivity contribution in [2.24, 2.45) is 0 Å². The van der Waals surface area contributed by atoms with E-state index in [1.165, 1.54) is 22.5 Å². The van der Waals surface area contributed by atoms with Gasteiger partial charge in [-0.05, 0) is 54.3 Å². The van der Waals surface area contributed by atoms with Crippen LogP contribution in [0.2, 0.25) is 0 Å². The molecule has 0 saturated heterocycles. The zero-order chi connectivity index (χ0) is 21.2. The van der Waals surface area contributed by atoms with E-state index in [1.807, 2.05) is 37.3 Å². The lowest BCUT2D eigenvalue weighted by Gasteiger charge is -2.15. The third-order valence-electron chi connectivity index (χ3n) is 5.60. The predicted octanol–water partition coefficient (Wildman–Crippen LogP) is 5.27. The van der Waals surface area contributed by atoms with Gasteiger partial charge in [0.25, 0.3) is 0 Å². The fourth-order valence-corrected chi connectivity index (χ4v) is 4.54. The normalized spacial score (nSPS) is 14.5. The number of nitrogens with zero attached hydrogens (tertiary/aromatic N) is 3. The number of nitrogens with one attached hydrogen (secondary N) is 1. The molecule has 1 fully saturated rings. The Morgan fingerprint density at radius 3 is 2.55 bits per heavy atom. The summed E-state index contributed by atoms with van der Waals surface area (Å²) < 4.78 is 2.10. The minimum atomic E-state index is -0.0632. The molecule has 5 nitrogen and oxygen atoms in total. The second-order valence-electron chi connectivity index (χ2n) is 7.97. The molecule has 0 bridgehead atoms. The van der Waals surface area contributed by atoms with Crippen molar-refractivity contribution in [3.8, 4) is 5.69 Å². The second kappa shape index (κ2) is 8.55. The first-order chi connectivity index (χ1) is 15.2. The van der Waals surface area contributed by atoms with Gasteiger partial charge in [-0.15, -0.1) is 10.2 Å². The topological polar surface area (TPSA) is 59.8 Å². The number of fused-ring (bicyclic) bond motifs is 1. The molecule has 1 aliphatic carbocycles. The summed E-state index contributed by atoms with van der Waals surface area (Å²) in [4.78, 5) is 12.7. The third-order valence-corrected chi connectivity index (χ3v) is 6.53. The van der Waals surface area contributed by atoms with Crippen molar-refractivity contribution in [1.82, 2.24) is 20.1 Å². The van der Waals surface area contributed by atoms with Gasteiger partial charge in [0.15, 0.2) is 5.16 Å². The largest absolute Gasteiger partial charge is 0.349 e. The summed E-state index contributed by atoms with van der Waals surface area (Å²) in [6.07, 6.45) is 2.30. The number of carbonyl (C=O) groups excluding carboxylic acids is 1. The van der Waals surface area contributed by atoms with Gasteiger partial charge in [-0.2, -0.15) is 0 Å². The maximum absolute atomic E-state index is 12.7. The van der Waals surface area contributed by atoms with Gasteiger partial charge >= 0.3 is 0 Å². The van der Waals surface area contributed by atoms with E-state index < -0.39 is 0 Å². The summed E-state index contributed by atoms with van der Waals surface area (Å²) in [5.41, 5.74) is 2.14. The Balaban J connectivity index is 1.27. The van der Waals surface area contributed by atoms with Crippen molar-refractivity contribution in [3.63, 3.8) is 0 Å². The molecule has 1 saturated carbocycles. The van der Waals surface area contributed by atoms with Crippen LogP contribution in [0.15, 0.2) is 78.0 Å². The monoisotopic (exact) mass is 428 g/mol. The lowest BCUT2D eigenvalue weighted by atomic mass is 10.0. The first-order valence-electron chi connectivity index (χ1n) is 10.6. The number of hydrogen-bond acceptors (Lipinski definition) is 4. The van der Waals surface area contributed by atoms with Gasteiger partial charge in [0.05, 0.1) is 11.8 Å². The number of carbonyl (C=O) groups is 1. The van der Waals surface area contributed by atoms with Crippen LogP contribution in [0.5, 0.6) is 0 Å². The Hall–Kier alpha value is -3.12. The molecule has 3 aromatic carbocycles. The van der Waals surface area contributed by atoms with Gasteiger partial charge in [0.1, 0.15) is 5.82 Å². The number of hydrogen-bond donors (Lipinski definition) is 1. The lowest BCUT2D eigenvalue weighted by Crippen LogP contribution is -2.28. The summed E-state index contributed by atoms with van der Waals surface area (Å²) >= 11 is 1.43. The zero-order valence-corrected chi connectivity index (χ0v) is 18.2. The Labute approximate surface area is 185 Å². The fourth-order valence-electron chi connectivity index (χ4n) is 3.77. The van der Waals surface area contributed by atoms with Crippen LogP contribution in [0.4, 0.5) is 0 Å². The van der Waals surface area contributed by atoms with Crippen molar-refractivity contribution in [1.29, 1.82) is 0 Å². The van der Waals surface area contributed by atoms with Crippen LogP contribution in [0.1, 0.15) is 43.1 Å². The quantitative estimate of drug-likeness (QED) is 0.408. The molecule has 5 rings (SSSR count). The first kappa shape index (κ1) is 19.8. The molecule has 31 heavy (non-hydrogen) atoms. The van der Waals surface area contributed by atoms with Gasteiger partial charge in [-0.1, -0.05) is 66.4 Å². The van der Waals surface area contributed by atoms with Crippen molar-refractivity contribution < 1.29 is 4.79 Å². The molecule has 1 N–H and O–H groups in total. The highest BCUT2D eigenvalue weighted by Gasteiger charge is 2.31. The van der Waals surface area contributed by atoms with Crippen molar-refractivity contribution in [2.75, 3.05) is 5.75 Å². The summed E-state index contributed by atoms with van der Waals surface area (Å²) in [5.74, 6) is 1.76. The minimum absolute atomic E-state index is 0.0127. The van der Waals surface area contributed by atoms with E-state index in [2.05, 4.69) is 62.5 Å². The Bertz CT molecular complexity index is 1220. The number of benzene rings is 3. The molecule has 0 spiro atoms. The van der Waals surface area contributed by atoms with Crippen LogP contribution in [-0.4, -0.2) is 26.4 Å². The average molecular weight is 429 g/mol. The maximum atomic E-state index is 12.7. The minimum Gasteiger partial charge on any atom is -0.349 e. The van der Waals surface area contributed by atoms with E-state index in [0.717, 1.165) is 35.1 Å². The molecular formula is C25H24N4OS. The maximum Gasteiger partial charge on any atom is 0.230 e. The first-order valence-corrected chi connectivity index (χ1v) is 11.6. The van der Waals surface area contributed by atoms with Crippen LogP contribution < -0.4 is 5.32 Å². The number of thioether (sulfide) groups is 1. The summed E-state index contributed by atoms with van der Waals surface area (Å²) in [5, 5.41) is 15.1. The predicted molar refractivity (Wildman–Crippen MR) is 125 cm³/mol. The van der Waals surface area contributed by atoms with Gasteiger partial charge in [-0.25, -0.2) is 0 Å². The number of amides is 1. The molecule has 1 aliphatic rings. The molecule has 0 radical (unpaired) electrons. The van der Waals surface area contributed by atoms with Crippen LogP contribution in [0.3, 0.4) is 0 Å². The lowest BCUT2D eigenvalue weighted by molar-refractivity contribution is -0.119. The van der Waals surface area contributed by atoms with Crippen LogP contribution in [0.25, 0.3) is 16.5 Å². The highest BCUT2D eigenvalue weighted by atomic mass is 32.2. The van der Waals surface area contributed by atoms with Crippen molar-refractivity contribution >= 4 is 28.4 Å². The molecular weight excluding hydrogens is 404 g/mol. The highest BCUT2D eigenvalue weighted by Crippen LogP contribution is 2.41. The molecule has 1 atom stereocenters. The van der Waals surface area contributed by atoms with Gasteiger partial charge in [0, 0.05) is 11.6 Å². The zero-order valence-electron chi connectivity index (χ0n) is 17.4. The van der Waals surface area contributed by atoms with Gasteiger partial charge in [-0.3, -0.25) is 9.36 Å². The van der Waals surface area contributed by atoms with Crippen molar-refractivity contribution in [2.45, 2.75) is 36.9 Å². The Morgan fingerprint density at radius 2 is 1.77 bits per heavy atom. The summed E-state index contributed by atoms with van der Waals surface area (Å²) in [6.45, 7) is 2.02. The van der Waals surface area contributed by atoms with Gasteiger partial charge < -0.3 is 5.32 Å². The fraction of sp³-hybridized carbons (Fsp3) is 0.240. The third kappa shape index (κ3) is 4.35. The van der Waals surface area contributed by atoms with E-state index in [1.54, 1.807) is 0 Å². The van der Waals surface area contributed by atoms with Crippen molar-refractivity contribution in [3.05, 3.63) is 84.2 Å². The number of aromatic nitrogens is 3. The molecule has 1 amide bonds. The molecule has 4 aromatic rings. The molecule has 0 aliphatic heterocycles. The van der Waals surface area contributed by atoms with E-state index in [-0.39, 0.29) is 11.9 Å². The molecule has 156 valence electrons. The van der Waals surface area contributed by atoms with E-state index in [4.69, 9.17) is 0 Å². The average Bonchev–Trinajstić information content (AvgIpc) is 3.57. The molecule has 1 heterocycles. The van der Waals surface area contributed by atoms with E-state index >= 15 is 0 Å². The molecule has 6 heteroatoms. The van der Waals surface area contributed by atoms with Crippen LogP contribution in [-0.2, 0) is 4.79 Å². The van der Waals surface area contributed by atoms with Crippen LogP contribution in [0, 0.1) is 0 Å². The Kier molecular flexibility index (Phi) is 5.47. The number of rotatable bonds is 7. The summed E-state index contributed by atoms with van der Waals surface area (Å²) in [6, 6.07) is 24.6. The van der Waals surface area contributed by atoms with Crippen LogP contribution >= 0.6 is 11.8 Å². The summed E-state index contributed by atoms with van der Waals surface area (Å²) in [7, 11) is 0. The highest BCUT2D eigenvalue weighted by molar-refractivity contribution is 7.99. The van der Waals surface area contributed by atoms with Gasteiger partial charge in [0.2, 0.25) is 5.91 Å². The van der Waals surface area contributed by atoms with E-state index in [9.17, 15) is 4.79 Å². The Morgan fingerprint density at radius 1 is 1.03 bits per heavy atom. The van der Waals surface area contributed by atoms with E-state index in [0.29, 0.717) is 11.7 Å². The molecule has 1 aromatic heterocycles. The smallest absolute Gasteiger partial charge is 0.230 e.